The summed E-state index contributed by atoms with van der Waals surface area (Å²) >= 11 is 0. The number of hydrogen-bond donors (Lipinski definition) is 2. The van der Waals surface area contributed by atoms with Crippen molar-refractivity contribution in [3.05, 3.63) is 43.1 Å². The van der Waals surface area contributed by atoms with Crippen LogP contribution < -0.4 is 5.32 Å². The van der Waals surface area contributed by atoms with E-state index in [1.807, 2.05) is 36.5 Å². The summed E-state index contributed by atoms with van der Waals surface area (Å²) in [5, 5.41) is 4.14. The molecule has 2 aromatic rings. The van der Waals surface area contributed by atoms with E-state index in [-0.39, 0.29) is 5.91 Å². The van der Waals surface area contributed by atoms with Gasteiger partial charge >= 0.3 is 0 Å². The fourth-order valence-electron chi connectivity index (χ4n) is 3.80. The predicted molar refractivity (Wildman–Crippen MR) is 96.4 cm³/mol. The predicted octanol–water partition coefficient (Wildman–Crippen LogP) is 5.27. The molecule has 3 heteroatoms. The number of rotatable bonds is 7. The van der Waals surface area contributed by atoms with Crippen LogP contribution in [0.25, 0.3) is 10.9 Å². The Kier molecular flexibility index (Phi) is 5.16. The second kappa shape index (κ2) is 7.49. The summed E-state index contributed by atoms with van der Waals surface area (Å²) in [6, 6.07) is 7.99. The van der Waals surface area contributed by atoms with Crippen molar-refractivity contribution in [1.82, 2.24) is 4.98 Å². The highest BCUT2D eigenvalue weighted by molar-refractivity contribution is 5.93. The second-order valence-corrected chi connectivity index (χ2v) is 6.79. The van der Waals surface area contributed by atoms with Crippen LogP contribution in [0.4, 0.5) is 5.69 Å². The van der Waals surface area contributed by atoms with Gasteiger partial charge in [0.15, 0.2) is 0 Å². The fourth-order valence-corrected chi connectivity index (χ4v) is 3.80. The van der Waals surface area contributed by atoms with Crippen molar-refractivity contribution in [3.8, 4) is 0 Å². The van der Waals surface area contributed by atoms with Crippen molar-refractivity contribution in [2.75, 3.05) is 5.32 Å². The lowest BCUT2D eigenvalue weighted by molar-refractivity contribution is -0.116. The Balaban J connectivity index is 1.40. The summed E-state index contributed by atoms with van der Waals surface area (Å²) in [5.74, 6) is 1.77. The Bertz CT molecular complexity index is 673. The monoisotopic (exact) mass is 310 g/mol. The number of nitrogens with one attached hydrogen (secondary N) is 2. The van der Waals surface area contributed by atoms with Crippen LogP contribution in [0.5, 0.6) is 0 Å². The van der Waals surface area contributed by atoms with Gasteiger partial charge in [-0.1, -0.05) is 12.5 Å². The molecule has 3 nitrogen and oxygen atoms in total. The molecule has 0 radical (unpaired) electrons. The quantitative estimate of drug-likeness (QED) is 0.672. The standard InChI is InChI=1S/C20H26N2O/c1-2-4-15-7-8-16(13-15)5-3-6-20(23)22-18-9-10-19-17(14-18)11-12-21-19/h2,9-12,14-16,21H,1,3-8,13H2,(H,22,23). The molecule has 1 heterocycles. The number of carbonyl (C=O) groups is 1. The minimum Gasteiger partial charge on any atom is -0.361 e. The SMILES string of the molecule is C=CCC1CCC(CCCC(=O)Nc2ccc3[nH]ccc3c2)C1. The van der Waals surface area contributed by atoms with E-state index in [2.05, 4.69) is 16.9 Å². The van der Waals surface area contributed by atoms with E-state index in [1.54, 1.807) is 0 Å². The van der Waals surface area contributed by atoms with E-state index >= 15 is 0 Å². The highest BCUT2D eigenvalue weighted by Gasteiger charge is 2.23. The lowest BCUT2D eigenvalue weighted by Gasteiger charge is -2.10. The fraction of sp³-hybridized carbons (Fsp3) is 0.450. The number of allylic oxidation sites excluding steroid dienone is 1. The molecule has 2 unspecified atom stereocenters. The first kappa shape index (κ1) is 15.9. The van der Waals surface area contributed by atoms with E-state index in [4.69, 9.17) is 0 Å². The molecule has 3 rings (SSSR count). The lowest BCUT2D eigenvalue weighted by atomic mass is 9.97. The zero-order valence-electron chi connectivity index (χ0n) is 13.7. The van der Waals surface area contributed by atoms with E-state index in [9.17, 15) is 4.79 Å². The van der Waals surface area contributed by atoms with E-state index in [0.717, 1.165) is 41.3 Å². The Morgan fingerprint density at radius 2 is 2.17 bits per heavy atom. The van der Waals surface area contributed by atoms with Crippen LogP contribution in [0, 0.1) is 11.8 Å². The zero-order valence-corrected chi connectivity index (χ0v) is 13.7. The Morgan fingerprint density at radius 3 is 3.04 bits per heavy atom. The summed E-state index contributed by atoms with van der Waals surface area (Å²) in [4.78, 5) is 15.3. The minimum absolute atomic E-state index is 0.125. The largest absolute Gasteiger partial charge is 0.361 e. The third-order valence-electron chi connectivity index (χ3n) is 5.00. The molecule has 122 valence electrons. The van der Waals surface area contributed by atoms with Crippen LogP contribution in [0.2, 0.25) is 0 Å². The molecular weight excluding hydrogens is 284 g/mol. The van der Waals surface area contributed by atoms with Crippen LogP contribution in [0.3, 0.4) is 0 Å². The Hall–Kier alpha value is -2.03. The average molecular weight is 310 g/mol. The molecule has 23 heavy (non-hydrogen) atoms. The number of carbonyl (C=O) groups excluding carboxylic acids is 1. The first-order valence-corrected chi connectivity index (χ1v) is 8.72. The molecular formula is C20H26N2O. The number of H-pyrrole nitrogens is 1. The molecule has 0 spiro atoms. The Labute approximate surface area is 138 Å². The van der Waals surface area contributed by atoms with Gasteiger partial charge in [0.25, 0.3) is 0 Å². The van der Waals surface area contributed by atoms with Crippen LogP contribution >= 0.6 is 0 Å². The second-order valence-electron chi connectivity index (χ2n) is 6.79. The molecule has 1 aromatic carbocycles. The van der Waals surface area contributed by atoms with Gasteiger partial charge in [-0.15, -0.1) is 6.58 Å². The number of benzene rings is 1. The Morgan fingerprint density at radius 1 is 1.30 bits per heavy atom. The number of aromatic nitrogens is 1. The molecule has 0 saturated heterocycles. The smallest absolute Gasteiger partial charge is 0.224 e. The van der Waals surface area contributed by atoms with Gasteiger partial charge in [-0.2, -0.15) is 0 Å². The molecule has 2 atom stereocenters. The van der Waals surface area contributed by atoms with Gasteiger partial charge in [-0.05, 0) is 68.2 Å². The van der Waals surface area contributed by atoms with Gasteiger partial charge in [0.1, 0.15) is 0 Å². The molecule has 2 N–H and O–H groups in total. The van der Waals surface area contributed by atoms with Gasteiger partial charge < -0.3 is 10.3 Å². The molecule has 1 aromatic heterocycles. The molecule has 1 fully saturated rings. The van der Waals surface area contributed by atoms with Crippen molar-refractivity contribution in [2.45, 2.75) is 44.9 Å². The van der Waals surface area contributed by atoms with Crippen molar-refractivity contribution in [3.63, 3.8) is 0 Å². The maximum absolute atomic E-state index is 12.1. The number of amides is 1. The summed E-state index contributed by atoms with van der Waals surface area (Å²) < 4.78 is 0. The number of hydrogen-bond acceptors (Lipinski definition) is 1. The lowest BCUT2D eigenvalue weighted by Crippen LogP contribution is -2.11. The van der Waals surface area contributed by atoms with E-state index < -0.39 is 0 Å². The van der Waals surface area contributed by atoms with Gasteiger partial charge in [0.2, 0.25) is 5.91 Å². The van der Waals surface area contributed by atoms with Crippen LogP contribution in [-0.2, 0) is 4.79 Å². The van der Waals surface area contributed by atoms with Gasteiger partial charge in [-0.25, -0.2) is 0 Å². The van der Waals surface area contributed by atoms with E-state index in [1.165, 1.54) is 25.7 Å². The van der Waals surface area contributed by atoms with Gasteiger partial charge in [-0.3, -0.25) is 4.79 Å². The van der Waals surface area contributed by atoms with Crippen LogP contribution in [0.15, 0.2) is 43.1 Å². The van der Waals surface area contributed by atoms with Crippen molar-refractivity contribution < 1.29 is 4.79 Å². The van der Waals surface area contributed by atoms with E-state index in [0.29, 0.717) is 6.42 Å². The maximum Gasteiger partial charge on any atom is 0.224 e. The minimum atomic E-state index is 0.125. The topological polar surface area (TPSA) is 44.9 Å². The molecule has 1 aliphatic carbocycles. The van der Waals surface area contributed by atoms with Crippen LogP contribution in [-0.4, -0.2) is 10.9 Å². The summed E-state index contributed by atoms with van der Waals surface area (Å²) in [6.45, 7) is 3.84. The maximum atomic E-state index is 12.1. The third-order valence-corrected chi connectivity index (χ3v) is 5.00. The average Bonchev–Trinajstić information content (AvgIpc) is 3.16. The molecule has 0 aliphatic heterocycles. The molecule has 0 bridgehead atoms. The number of anilines is 1. The summed E-state index contributed by atoms with van der Waals surface area (Å²) in [5.41, 5.74) is 1.98. The normalized spacial score (nSPS) is 20.7. The first-order chi connectivity index (χ1) is 11.2. The zero-order chi connectivity index (χ0) is 16.1. The summed E-state index contributed by atoms with van der Waals surface area (Å²) in [6.07, 6.45) is 11.9. The molecule has 1 amide bonds. The van der Waals surface area contributed by atoms with Gasteiger partial charge in [0.05, 0.1) is 0 Å². The van der Waals surface area contributed by atoms with Crippen molar-refractivity contribution >= 4 is 22.5 Å². The number of aromatic amines is 1. The van der Waals surface area contributed by atoms with Crippen molar-refractivity contribution in [1.29, 1.82) is 0 Å². The summed E-state index contributed by atoms with van der Waals surface area (Å²) in [7, 11) is 0. The molecule has 1 aliphatic rings. The number of fused-ring (bicyclic) bond motifs is 1. The van der Waals surface area contributed by atoms with Crippen LogP contribution in [0.1, 0.15) is 44.9 Å². The highest BCUT2D eigenvalue weighted by atomic mass is 16.1. The van der Waals surface area contributed by atoms with Gasteiger partial charge in [0, 0.05) is 29.2 Å². The first-order valence-electron chi connectivity index (χ1n) is 8.72. The van der Waals surface area contributed by atoms with Crippen molar-refractivity contribution in [2.24, 2.45) is 11.8 Å². The highest BCUT2D eigenvalue weighted by Crippen LogP contribution is 2.36. The molecule has 1 saturated carbocycles. The third kappa shape index (κ3) is 4.25.